The Bertz CT molecular complexity index is 572. The summed E-state index contributed by atoms with van der Waals surface area (Å²) in [7, 11) is 0. The molecular weight excluding hydrogens is 256 g/mol. The molecule has 1 fully saturated rings. The average molecular weight is 272 g/mol. The summed E-state index contributed by atoms with van der Waals surface area (Å²) in [5.74, 6) is 0. The number of benzene rings is 1. The number of nitro benzene ring substituents is 1. The second-order valence-electron chi connectivity index (χ2n) is 4.98. The number of hydrogen-bond acceptors (Lipinski definition) is 4. The molecule has 1 aliphatic heterocycles. The van der Waals surface area contributed by atoms with Gasteiger partial charge in [-0.3, -0.25) is 14.8 Å². The van der Waals surface area contributed by atoms with E-state index in [4.69, 9.17) is 0 Å². The van der Waals surface area contributed by atoms with E-state index in [0.717, 1.165) is 31.6 Å². The Labute approximate surface area is 116 Å². The van der Waals surface area contributed by atoms with Crippen LogP contribution in [0.5, 0.6) is 0 Å². The maximum Gasteiger partial charge on any atom is 0.269 e. The van der Waals surface area contributed by atoms with Gasteiger partial charge in [0.25, 0.3) is 5.69 Å². The van der Waals surface area contributed by atoms with Crippen molar-refractivity contribution >= 4 is 11.4 Å². The molecule has 0 aliphatic carbocycles. The summed E-state index contributed by atoms with van der Waals surface area (Å²) in [5, 5.41) is 14.9. The van der Waals surface area contributed by atoms with Gasteiger partial charge in [-0.05, 0) is 31.0 Å². The minimum absolute atomic E-state index is 0.139. The normalized spacial score (nSPS) is 16.3. The highest BCUT2D eigenvalue weighted by Gasteiger charge is 2.21. The van der Waals surface area contributed by atoms with Crippen LogP contribution in [-0.4, -0.2) is 27.8 Å². The quantitative estimate of drug-likeness (QED) is 0.636. The first-order valence-corrected chi connectivity index (χ1v) is 6.72. The smallest absolute Gasteiger partial charge is 0.269 e. The van der Waals surface area contributed by atoms with Gasteiger partial charge in [-0.2, -0.15) is 5.10 Å². The average Bonchev–Trinajstić information content (AvgIpc) is 3.02. The third-order valence-corrected chi connectivity index (χ3v) is 3.79. The molecule has 0 saturated carbocycles. The van der Waals surface area contributed by atoms with Crippen LogP contribution in [0, 0.1) is 10.1 Å². The predicted octanol–water partition coefficient (Wildman–Crippen LogP) is 2.63. The highest BCUT2D eigenvalue weighted by atomic mass is 16.6. The molecular formula is C14H16N4O2. The number of rotatable bonds is 3. The first kappa shape index (κ1) is 12.7. The van der Waals surface area contributed by atoms with Crippen LogP contribution in [0.25, 0.3) is 0 Å². The van der Waals surface area contributed by atoms with E-state index in [2.05, 4.69) is 10.00 Å². The Morgan fingerprint density at radius 1 is 1.20 bits per heavy atom. The molecule has 2 heterocycles. The molecule has 6 heteroatoms. The van der Waals surface area contributed by atoms with Crippen LogP contribution in [-0.2, 0) is 0 Å². The molecule has 0 spiro atoms. The summed E-state index contributed by atoms with van der Waals surface area (Å²) in [6, 6.07) is 9.19. The Morgan fingerprint density at radius 3 is 2.45 bits per heavy atom. The van der Waals surface area contributed by atoms with Gasteiger partial charge < -0.3 is 4.90 Å². The molecule has 0 amide bonds. The van der Waals surface area contributed by atoms with Gasteiger partial charge in [-0.15, -0.1) is 0 Å². The molecule has 1 aromatic heterocycles. The monoisotopic (exact) mass is 272 g/mol. The minimum Gasteiger partial charge on any atom is -0.371 e. The predicted molar refractivity (Wildman–Crippen MR) is 75.8 cm³/mol. The van der Waals surface area contributed by atoms with Crippen LogP contribution < -0.4 is 4.90 Å². The number of non-ortho nitro benzene ring substituents is 1. The molecule has 0 atom stereocenters. The van der Waals surface area contributed by atoms with E-state index < -0.39 is 0 Å². The Balaban J connectivity index is 1.64. The van der Waals surface area contributed by atoms with Crippen LogP contribution in [0.1, 0.15) is 18.9 Å². The van der Waals surface area contributed by atoms with Crippen molar-refractivity contribution < 1.29 is 4.92 Å². The molecule has 6 nitrogen and oxygen atoms in total. The largest absolute Gasteiger partial charge is 0.371 e. The van der Waals surface area contributed by atoms with Crippen molar-refractivity contribution in [3.8, 4) is 0 Å². The van der Waals surface area contributed by atoms with E-state index in [9.17, 15) is 10.1 Å². The fraction of sp³-hybridized carbons (Fsp3) is 0.357. The van der Waals surface area contributed by atoms with Gasteiger partial charge in [-0.25, -0.2) is 0 Å². The van der Waals surface area contributed by atoms with E-state index in [-0.39, 0.29) is 10.6 Å². The minimum atomic E-state index is -0.367. The van der Waals surface area contributed by atoms with Crippen molar-refractivity contribution in [2.24, 2.45) is 0 Å². The molecule has 2 aromatic rings. The van der Waals surface area contributed by atoms with Crippen molar-refractivity contribution in [2.75, 3.05) is 18.0 Å². The summed E-state index contributed by atoms with van der Waals surface area (Å²) in [6.45, 7) is 1.89. The lowest BCUT2D eigenvalue weighted by atomic mass is 10.0. The van der Waals surface area contributed by atoms with Crippen LogP contribution in [0.2, 0.25) is 0 Å². The Kier molecular flexibility index (Phi) is 3.37. The zero-order valence-electron chi connectivity index (χ0n) is 11.1. The molecule has 0 N–H and O–H groups in total. The summed E-state index contributed by atoms with van der Waals surface area (Å²) in [4.78, 5) is 12.5. The van der Waals surface area contributed by atoms with Crippen LogP contribution in [0.4, 0.5) is 11.4 Å². The van der Waals surface area contributed by atoms with E-state index in [1.807, 2.05) is 35.3 Å². The van der Waals surface area contributed by atoms with Crippen LogP contribution in [0.15, 0.2) is 42.7 Å². The third-order valence-electron chi connectivity index (χ3n) is 3.79. The molecule has 0 radical (unpaired) electrons. The lowest BCUT2D eigenvalue weighted by Crippen LogP contribution is -2.34. The molecule has 104 valence electrons. The summed E-state index contributed by atoms with van der Waals surface area (Å²) < 4.78 is 2.02. The maximum absolute atomic E-state index is 10.6. The van der Waals surface area contributed by atoms with Gasteiger partial charge in [0.05, 0.1) is 11.0 Å². The number of nitrogens with zero attached hydrogens (tertiary/aromatic N) is 4. The molecule has 1 saturated heterocycles. The van der Waals surface area contributed by atoms with Gasteiger partial charge in [0, 0.05) is 43.3 Å². The first-order chi connectivity index (χ1) is 9.74. The van der Waals surface area contributed by atoms with Gasteiger partial charge in [-0.1, -0.05) is 0 Å². The fourth-order valence-corrected chi connectivity index (χ4v) is 2.67. The second-order valence-corrected chi connectivity index (χ2v) is 4.98. The molecule has 0 unspecified atom stereocenters. The zero-order valence-corrected chi connectivity index (χ0v) is 11.1. The van der Waals surface area contributed by atoms with Gasteiger partial charge >= 0.3 is 0 Å². The van der Waals surface area contributed by atoms with Gasteiger partial charge in [0.15, 0.2) is 0 Å². The van der Waals surface area contributed by atoms with Crippen molar-refractivity contribution in [1.29, 1.82) is 0 Å². The number of anilines is 1. The Morgan fingerprint density at radius 2 is 1.90 bits per heavy atom. The number of hydrogen-bond donors (Lipinski definition) is 0. The Hall–Kier alpha value is -2.37. The van der Waals surface area contributed by atoms with E-state index in [0.29, 0.717) is 6.04 Å². The lowest BCUT2D eigenvalue weighted by molar-refractivity contribution is -0.384. The van der Waals surface area contributed by atoms with Crippen LogP contribution >= 0.6 is 0 Å². The lowest BCUT2D eigenvalue weighted by Gasteiger charge is -2.33. The number of piperidine rings is 1. The van der Waals surface area contributed by atoms with Gasteiger partial charge in [0.2, 0.25) is 0 Å². The van der Waals surface area contributed by atoms with Crippen LogP contribution in [0.3, 0.4) is 0 Å². The third kappa shape index (κ3) is 2.49. The second kappa shape index (κ2) is 5.32. The first-order valence-electron chi connectivity index (χ1n) is 6.72. The van der Waals surface area contributed by atoms with E-state index in [1.54, 1.807) is 12.1 Å². The molecule has 0 bridgehead atoms. The SMILES string of the molecule is O=[N+]([O-])c1ccc(N2CCC(n3cccn3)CC2)cc1. The van der Waals surface area contributed by atoms with E-state index >= 15 is 0 Å². The summed E-state index contributed by atoms with van der Waals surface area (Å²) in [6.07, 6.45) is 5.90. The molecule has 20 heavy (non-hydrogen) atoms. The molecule has 1 aromatic carbocycles. The van der Waals surface area contributed by atoms with Crippen molar-refractivity contribution in [1.82, 2.24) is 9.78 Å². The molecule has 1 aliphatic rings. The highest BCUT2D eigenvalue weighted by molar-refractivity contribution is 5.51. The number of nitro groups is 1. The number of aromatic nitrogens is 2. The van der Waals surface area contributed by atoms with Crippen molar-refractivity contribution in [3.63, 3.8) is 0 Å². The standard InChI is InChI=1S/C14H16N4O2/c19-18(20)14-4-2-12(3-5-14)16-10-6-13(7-11-16)17-9-1-8-15-17/h1-5,8-9,13H,6-7,10-11H2. The summed E-state index contributed by atoms with van der Waals surface area (Å²) >= 11 is 0. The van der Waals surface area contributed by atoms with Gasteiger partial charge in [0.1, 0.15) is 0 Å². The summed E-state index contributed by atoms with van der Waals surface area (Å²) in [5.41, 5.74) is 1.19. The topological polar surface area (TPSA) is 64.2 Å². The fourth-order valence-electron chi connectivity index (χ4n) is 2.67. The van der Waals surface area contributed by atoms with Crippen molar-refractivity contribution in [3.05, 3.63) is 52.8 Å². The highest BCUT2D eigenvalue weighted by Crippen LogP contribution is 2.27. The zero-order chi connectivity index (χ0) is 13.9. The molecule has 3 rings (SSSR count). The van der Waals surface area contributed by atoms with E-state index in [1.165, 1.54) is 0 Å². The maximum atomic E-state index is 10.6. The van der Waals surface area contributed by atoms with Crippen molar-refractivity contribution in [2.45, 2.75) is 18.9 Å².